The highest BCUT2D eigenvalue weighted by molar-refractivity contribution is 7.88. The number of halogens is 1. The zero-order chi connectivity index (χ0) is 21.0. The Bertz CT molecular complexity index is 963. The summed E-state index contributed by atoms with van der Waals surface area (Å²) in [6.07, 6.45) is 1.80. The van der Waals surface area contributed by atoms with Crippen molar-refractivity contribution < 1.29 is 22.1 Å². The lowest BCUT2D eigenvalue weighted by atomic mass is 10.1. The number of carbonyl (C=O) groups excluding carboxylic acids is 1. The van der Waals surface area contributed by atoms with Crippen molar-refractivity contribution in [2.24, 2.45) is 0 Å². The maximum absolute atomic E-state index is 13.4. The standard InChI is InChI=1S/C19H25FN4O4S/c1-14-21-19(22-28-14)8-10-24(15(2)25)18-7-4-9-23(12-18)29(26,27)13-16-5-3-6-17(20)11-16/h3,5-6,11,18H,4,7-10,12-13H2,1-2H3. The molecule has 1 amide bonds. The van der Waals surface area contributed by atoms with Crippen LogP contribution in [0.1, 0.15) is 37.0 Å². The molecule has 0 bridgehead atoms. The Hall–Kier alpha value is -2.33. The van der Waals surface area contributed by atoms with Crippen LogP contribution in [0.15, 0.2) is 28.8 Å². The molecule has 1 aromatic heterocycles. The molecule has 3 rings (SSSR count). The van der Waals surface area contributed by atoms with Crippen LogP contribution in [0.5, 0.6) is 0 Å². The molecule has 0 radical (unpaired) electrons. The smallest absolute Gasteiger partial charge is 0.223 e. The van der Waals surface area contributed by atoms with E-state index in [2.05, 4.69) is 10.1 Å². The molecule has 1 atom stereocenters. The Morgan fingerprint density at radius 1 is 1.41 bits per heavy atom. The molecule has 0 N–H and O–H groups in total. The second-order valence-corrected chi connectivity index (χ2v) is 9.20. The molecular formula is C19H25FN4O4S. The Labute approximate surface area is 169 Å². The van der Waals surface area contributed by atoms with Crippen LogP contribution in [-0.2, 0) is 27.0 Å². The lowest BCUT2D eigenvalue weighted by Gasteiger charge is -2.38. The molecule has 8 nitrogen and oxygen atoms in total. The van der Waals surface area contributed by atoms with E-state index in [0.717, 1.165) is 6.42 Å². The summed E-state index contributed by atoms with van der Waals surface area (Å²) in [6.45, 7) is 4.17. The highest BCUT2D eigenvalue weighted by Crippen LogP contribution is 2.22. The van der Waals surface area contributed by atoms with Crippen LogP contribution in [0, 0.1) is 12.7 Å². The highest BCUT2D eigenvalue weighted by atomic mass is 32.2. The van der Waals surface area contributed by atoms with E-state index in [4.69, 9.17) is 4.52 Å². The number of aryl methyl sites for hydroxylation is 1. The van der Waals surface area contributed by atoms with Crippen LogP contribution < -0.4 is 0 Å². The predicted octanol–water partition coefficient (Wildman–Crippen LogP) is 1.90. The van der Waals surface area contributed by atoms with E-state index in [1.807, 2.05) is 0 Å². The van der Waals surface area contributed by atoms with Gasteiger partial charge in [0.1, 0.15) is 5.82 Å². The summed E-state index contributed by atoms with van der Waals surface area (Å²) >= 11 is 0. The first-order chi connectivity index (χ1) is 13.7. The summed E-state index contributed by atoms with van der Waals surface area (Å²) in [5.74, 6) is 0.120. The summed E-state index contributed by atoms with van der Waals surface area (Å²) in [6, 6.07) is 5.38. The number of hydrogen-bond donors (Lipinski definition) is 0. The average Bonchev–Trinajstić information content (AvgIpc) is 3.07. The quantitative estimate of drug-likeness (QED) is 0.674. The highest BCUT2D eigenvalue weighted by Gasteiger charge is 2.33. The maximum Gasteiger partial charge on any atom is 0.223 e. The van der Waals surface area contributed by atoms with Gasteiger partial charge in [-0.05, 0) is 30.5 Å². The van der Waals surface area contributed by atoms with Gasteiger partial charge in [-0.3, -0.25) is 4.79 Å². The number of sulfonamides is 1. The van der Waals surface area contributed by atoms with Crippen molar-refractivity contribution in [1.29, 1.82) is 0 Å². The van der Waals surface area contributed by atoms with Crippen molar-refractivity contribution in [2.45, 2.75) is 44.9 Å². The second kappa shape index (κ2) is 9.00. The number of benzene rings is 1. The zero-order valence-electron chi connectivity index (χ0n) is 16.5. The minimum absolute atomic E-state index is 0.125. The number of hydrogen-bond acceptors (Lipinski definition) is 6. The molecule has 2 heterocycles. The van der Waals surface area contributed by atoms with Crippen molar-refractivity contribution >= 4 is 15.9 Å². The number of nitrogens with zero attached hydrogens (tertiary/aromatic N) is 4. The molecule has 1 aliphatic heterocycles. The lowest BCUT2D eigenvalue weighted by Crippen LogP contribution is -2.51. The van der Waals surface area contributed by atoms with Gasteiger partial charge in [-0.25, -0.2) is 12.8 Å². The van der Waals surface area contributed by atoms with E-state index in [1.165, 1.54) is 29.4 Å². The molecule has 1 unspecified atom stereocenters. The predicted molar refractivity (Wildman–Crippen MR) is 104 cm³/mol. The summed E-state index contributed by atoms with van der Waals surface area (Å²) < 4.78 is 45.5. The van der Waals surface area contributed by atoms with Gasteiger partial charge in [0.15, 0.2) is 5.82 Å². The Balaban J connectivity index is 1.67. The van der Waals surface area contributed by atoms with Gasteiger partial charge in [0.2, 0.25) is 21.8 Å². The fourth-order valence-electron chi connectivity index (χ4n) is 3.62. The van der Waals surface area contributed by atoms with E-state index in [-0.39, 0.29) is 24.2 Å². The minimum atomic E-state index is -3.62. The maximum atomic E-state index is 13.4. The van der Waals surface area contributed by atoms with Crippen LogP contribution in [0.25, 0.3) is 0 Å². The topological polar surface area (TPSA) is 96.6 Å². The molecule has 1 aliphatic rings. The Morgan fingerprint density at radius 2 is 2.21 bits per heavy atom. The molecule has 10 heteroatoms. The largest absolute Gasteiger partial charge is 0.340 e. The molecule has 158 valence electrons. The summed E-state index contributed by atoms with van der Waals surface area (Å²) in [5, 5.41) is 3.84. The summed E-state index contributed by atoms with van der Waals surface area (Å²) in [5.41, 5.74) is 0.406. The first-order valence-corrected chi connectivity index (χ1v) is 11.1. The first-order valence-electron chi connectivity index (χ1n) is 9.53. The summed E-state index contributed by atoms with van der Waals surface area (Å²) in [7, 11) is -3.62. The molecule has 29 heavy (non-hydrogen) atoms. The number of rotatable bonds is 7. The third-order valence-electron chi connectivity index (χ3n) is 4.98. The zero-order valence-corrected chi connectivity index (χ0v) is 17.4. The van der Waals surface area contributed by atoms with Crippen molar-refractivity contribution in [3.63, 3.8) is 0 Å². The molecule has 2 aromatic rings. The summed E-state index contributed by atoms with van der Waals surface area (Å²) in [4.78, 5) is 18.0. The number of piperidine rings is 1. The van der Waals surface area contributed by atoms with E-state index in [9.17, 15) is 17.6 Å². The molecule has 0 aliphatic carbocycles. The third-order valence-corrected chi connectivity index (χ3v) is 6.80. The lowest BCUT2D eigenvalue weighted by molar-refractivity contribution is -0.131. The minimum Gasteiger partial charge on any atom is -0.340 e. The number of carbonyl (C=O) groups is 1. The fraction of sp³-hybridized carbons (Fsp3) is 0.526. The third kappa shape index (κ3) is 5.60. The molecule has 0 saturated carbocycles. The number of amides is 1. The molecular weight excluding hydrogens is 399 g/mol. The van der Waals surface area contributed by atoms with Crippen LogP contribution in [0.3, 0.4) is 0 Å². The monoisotopic (exact) mass is 424 g/mol. The van der Waals surface area contributed by atoms with Gasteiger partial charge in [0.05, 0.1) is 5.75 Å². The van der Waals surface area contributed by atoms with Crippen molar-refractivity contribution in [1.82, 2.24) is 19.3 Å². The second-order valence-electron chi connectivity index (χ2n) is 7.23. The molecule has 1 saturated heterocycles. The normalized spacial score (nSPS) is 18.0. The van der Waals surface area contributed by atoms with Crippen LogP contribution in [0.2, 0.25) is 0 Å². The van der Waals surface area contributed by atoms with Gasteiger partial charge in [0.25, 0.3) is 0 Å². The van der Waals surface area contributed by atoms with Gasteiger partial charge < -0.3 is 9.42 Å². The molecule has 0 spiro atoms. The van der Waals surface area contributed by atoms with Crippen LogP contribution in [-0.4, -0.2) is 59.3 Å². The van der Waals surface area contributed by atoms with Crippen molar-refractivity contribution in [3.05, 3.63) is 47.4 Å². The average molecular weight is 424 g/mol. The Morgan fingerprint density at radius 3 is 2.86 bits per heavy atom. The van der Waals surface area contributed by atoms with Gasteiger partial charge in [0, 0.05) is 45.9 Å². The Kier molecular flexibility index (Phi) is 6.63. The fourth-order valence-corrected chi connectivity index (χ4v) is 5.21. The van der Waals surface area contributed by atoms with E-state index < -0.39 is 15.8 Å². The van der Waals surface area contributed by atoms with Gasteiger partial charge >= 0.3 is 0 Å². The van der Waals surface area contributed by atoms with Crippen molar-refractivity contribution in [3.8, 4) is 0 Å². The number of aromatic nitrogens is 2. The SMILES string of the molecule is CC(=O)N(CCc1noc(C)n1)C1CCCN(S(=O)(=O)Cc2cccc(F)c2)C1. The first kappa shape index (κ1) is 21.4. The molecule has 1 fully saturated rings. The van der Waals surface area contributed by atoms with E-state index in [1.54, 1.807) is 17.9 Å². The van der Waals surface area contributed by atoms with Gasteiger partial charge in [-0.15, -0.1) is 0 Å². The molecule has 1 aromatic carbocycles. The van der Waals surface area contributed by atoms with E-state index in [0.29, 0.717) is 43.2 Å². The van der Waals surface area contributed by atoms with E-state index >= 15 is 0 Å². The van der Waals surface area contributed by atoms with Crippen LogP contribution >= 0.6 is 0 Å². The van der Waals surface area contributed by atoms with Crippen LogP contribution in [0.4, 0.5) is 4.39 Å². The van der Waals surface area contributed by atoms with Gasteiger partial charge in [-0.2, -0.15) is 9.29 Å². The van der Waals surface area contributed by atoms with Crippen molar-refractivity contribution in [2.75, 3.05) is 19.6 Å². The van der Waals surface area contributed by atoms with Gasteiger partial charge in [-0.1, -0.05) is 17.3 Å².